The molecule has 0 saturated heterocycles. The Morgan fingerprint density at radius 1 is 1.43 bits per heavy atom. The number of nitrogens with zero attached hydrogens (tertiary/aromatic N) is 3. The van der Waals surface area contributed by atoms with Gasteiger partial charge in [0.25, 0.3) is 5.56 Å². The molecule has 0 aliphatic carbocycles. The first-order chi connectivity index (χ1) is 10.0. The highest BCUT2D eigenvalue weighted by molar-refractivity contribution is 7.71. The molecule has 7 nitrogen and oxygen atoms in total. The number of H-pyrrole nitrogens is 1. The maximum Gasteiger partial charge on any atom is 0.337 e. The number of esters is 1. The van der Waals surface area contributed by atoms with Crippen LogP contribution in [0.25, 0.3) is 0 Å². The molecule has 0 fully saturated rings. The first-order valence-electron chi connectivity index (χ1n) is 5.94. The number of hydrogen-bond acceptors (Lipinski definition) is 6. The van der Waals surface area contributed by atoms with Crippen LogP contribution in [-0.2, 0) is 4.74 Å². The summed E-state index contributed by atoms with van der Waals surface area (Å²) in [5.74, 6) is -0.415. The SMILES string of the molecule is COC(=O)c1ccc(C=Nn2c(=S)[nH]nc(C)c2=O)cc1. The molecule has 0 atom stereocenters. The van der Waals surface area contributed by atoms with E-state index < -0.39 is 5.97 Å². The molecule has 1 heterocycles. The van der Waals surface area contributed by atoms with E-state index in [1.165, 1.54) is 13.3 Å². The minimum Gasteiger partial charge on any atom is -0.465 e. The number of aromatic nitrogens is 3. The lowest BCUT2D eigenvalue weighted by molar-refractivity contribution is 0.0601. The van der Waals surface area contributed by atoms with E-state index in [4.69, 9.17) is 12.2 Å². The Bertz CT molecular complexity index is 805. The van der Waals surface area contributed by atoms with Crippen LogP contribution >= 0.6 is 12.2 Å². The van der Waals surface area contributed by atoms with Crippen LogP contribution < -0.4 is 5.56 Å². The Morgan fingerprint density at radius 2 is 2.10 bits per heavy atom. The zero-order valence-electron chi connectivity index (χ0n) is 11.4. The van der Waals surface area contributed by atoms with Gasteiger partial charge in [-0.1, -0.05) is 12.1 Å². The average molecular weight is 304 g/mol. The van der Waals surface area contributed by atoms with Crippen LogP contribution in [0, 0.1) is 11.7 Å². The summed E-state index contributed by atoms with van der Waals surface area (Å²) in [6.45, 7) is 1.56. The predicted octanol–water partition coefficient (Wildman–Crippen LogP) is 1.28. The van der Waals surface area contributed by atoms with Gasteiger partial charge in [0.15, 0.2) is 0 Å². The van der Waals surface area contributed by atoms with Crippen molar-refractivity contribution in [3.8, 4) is 0 Å². The Hall–Kier alpha value is -2.61. The molecule has 108 valence electrons. The second kappa shape index (κ2) is 6.23. The van der Waals surface area contributed by atoms with Crippen LogP contribution in [0.2, 0.25) is 0 Å². The van der Waals surface area contributed by atoms with Crippen molar-refractivity contribution in [2.24, 2.45) is 5.10 Å². The molecule has 1 aromatic heterocycles. The number of rotatable bonds is 3. The third-order valence-corrected chi connectivity index (χ3v) is 2.93. The summed E-state index contributed by atoms with van der Waals surface area (Å²) in [6, 6.07) is 6.58. The van der Waals surface area contributed by atoms with Crippen LogP contribution in [0.3, 0.4) is 0 Å². The summed E-state index contributed by atoms with van der Waals surface area (Å²) >= 11 is 4.96. The van der Waals surface area contributed by atoms with Crippen molar-refractivity contribution >= 4 is 24.4 Å². The molecule has 0 amide bonds. The van der Waals surface area contributed by atoms with Crippen LogP contribution in [0.1, 0.15) is 21.6 Å². The number of benzene rings is 1. The number of nitrogens with one attached hydrogen (secondary N) is 1. The van der Waals surface area contributed by atoms with E-state index >= 15 is 0 Å². The van der Waals surface area contributed by atoms with Crippen molar-refractivity contribution in [1.29, 1.82) is 0 Å². The van der Waals surface area contributed by atoms with Gasteiger partial charge in [-0.15, -0.1) is 0 Å². The highest BCUT2D eigenvalue weighted by Crippen LogP contribution is 2.04. The molecule has 0 unspecified atom stereocenters. The second-order valence-corrected chi connectivity index (χ2v) is 4.48. The largest absolute Gasteiger partial charge is 0.465 e. The first-order valence-corrected chi connectivity index (χ1v) is 6.35. The molecule has 2 rings (SSSR count). The standard InChI is InChI=1S/C13H12N4O3S/c1-8-11(18)17(13(21)16-15-8)14-7-9-3-5-10(6-4-9)12(19)20-2/h3-7H,1-2H3,(H,16,21). The fraction of sp³-hybridized carbons (Fsp3) is 0.154. The Morgan fingerprint density at radius 3 is 2.71 bits per heavy atom. The van der Waals surface area contributed by atoms with Gasteiger partial charge >= 0.3 is 5.97 Å². The van der Waals surface area contributed by atoms with Crippen molar-refractivity contribution in [1.82, 2.24) is 14.9 Å². The van der Waals surface area contributed by atoms with E-state index in [0.29, 0.717) is 11.1 Å². The van der Waals surface area contributed by atoms with Gasteiger partial charge in [-0.05, 0) is 36.8 Å². The fourth-order valence-electron chi connectivity index (χ4n) is 1.52. The first kappa shape index (κ1) is 14.8. The minimum absolute atomic E-state index is 0.105. The predicted molar refractivity (Wildman–Crippen MR) is 79.2 cm³/mol. The molecular weight excluding hydrogens is 292 g/mol. The van der Waals surface area contributed by atoms with Gasteiger partial charge in [0.2, 0.25) is 4.77 Å². The van der Waals surface area contributed by atoms with Crippen LogP contribution in [0.5, 0.6) is 0 Å². The quantitative estimate of drug-likeness (QED) is 0.524. The third kappa shape index (κ3) is 3.29. The number of ether oxygens (including phenoxy) is 1. The smallest absolute Gasteiger partial charge is 0.337 e. The molecule has 0 radical (unpaired) electrons. The second-order valence-electron chi connectivity index (χ2n) is 4.09. The average Bonchev–Trinajstić information content (AvgIpc) is 2.51. The molecule has 1 aromatic carbocycles. The molecule has 0 spiro atoms. The van der Waals surface area contributed by atoms with E-state index in [1.54, 1.807) is 31.2 Å². The molecule has 0 aliphatic heterocycles. The number of hydrogen-bond donors (Lipinski definition) is 1. The molecule has 8 heteroatoms. The van der Waals surface area contributed by atoms with Gasteiger partial charge < -0.3 is 4.74 Å². The summed E-state index contributed by atoms with van der Waals surface area (Å²) in [5, 5.41) is 10.3. The van der Waals surface area contributed by atoms with Crippen molar-refractivity contribution in [2.45, 2.75) is 6.92 Å². The third-order valence-electron chi connectivity index (χ3n) is 2.67. The number of carbonyl (C=O) groups is 1. The zero-order chi connectivity index (χ0) is 15.4. The summed E-state index contributed by atoms with van der Waals surface area (Å²) in [7, 11) is 1.32. The molecular formula is C13H12N4O3S. The molecule has 21 heavy (non-hydrogen) atoms. The van der Waals surface area contributed by atoms with Crippen molar-refractivity contribution in [2.75, 3.05) is 7.11 Å². The van der Waals surface area contributed by atoms with E-state index in [1.807, 2.05) is 0 Å². The highest BCUT2D eigenvalue weighted by atomic mass is 32.1. The van der Waals surface area contributed by atoms with Crippen molar-refractivity contribution in [3.05, 3.63) is 56.2 Å². The lowest BCUT2D eigenvalue weighted by atomic mass is 10.1. The minimum atomic E-state index is -0.415. The Labute approximate surface area is 124 Å². The van der Waals surface area contributed by atoms with E-state index in [2.05, 4.69) is 20.0 Å². The van der Waals surface area contributed by atoms with E-state index in [0.717, 1.165) is 4.68 Å². The molecule has 2 aromatic rings. The van der Waals surface area contributed by atoms with Gasteiger partial charge in [0, 0.05) is 0 Å². The zero-order valence-corrected chi connectivity index (χ0v) is 12.2. The molecule has 0 aliphatic rings. The van der Waals surface area contributed by atoms with Crippen molar-refractivity contribution in [3.63, 3.8) is 0 Å². The van der Waals surface area contributed by atoms with Crippen LogP contribution in [0.4, 0.5) is 0 Å². The molecule has 0 bridgehead atoms. The highest BCUT2D eigenvalue weighted by Gasteiger charge is 2.04. The summed E-state index contributed by atoms with van der Waals surface area (Å²) in [5.41, 5.74) is 1.02. The Kier molecular flexibility index (Phi) is 4.39. The lowest BCUT2D eigenvalue weighted by Crippen LogP contribution is -2.22. The number of aromatic amines is 1. The molecule has 0 saturated carbocycles. The summed E-state index contributed by atoms with van der Waals surface area (Å²) in [4.78, 5) is 23.1. The van der Waals surface area contributed by atoms with Gasteiger partial charge in [-0.2, -0.15) is 14.9 Å². The van der Waals surface area contributed by atoms with Crippen molar-refractivity contribution < 1.29 is 9.53 Å². The summed E-state index contributed by atoms with van der Waals surface area (Å²) in [6.07, 6.45) is 1.46. The van der Waals surface area contributed by atoms with Gasteiger partial charge in [-0.25, -0.2) is 4.79 Å². The monoisotopic (exact) mass is 304 g/mol. The lowest BCUT2D eigenvalue weighted by Gasteiger charge is -2.00. The summed E-state index contributed by atoms with van der Waals surface area (Å²) < 4.78 is 5.76. The van der Waals surface area contributed by atoms with E-state index in [-0.39, 0.29) is 16.0 Å². The fourth-order valence-corrected chi connectivity index (χ4v) is 1.70. The normalized spacial score (nSPS) is 10.8. The van der Waals surface area contributed by atoms with Gasteiger partial charge in [0.1, 0.15) is 5.69 Å². The number of aryl methyl sites for hydroxylation is 1. The number of methoxy groups -OCH3 is 1. The maximum atomic E-state index is 11.8. The van der Waals surface area contributed by atoms with Gasteiger partial charge in [-0.3, -0.25) is 9.89 Å². The number of carbonyl (C=O) groups excluding carboxylic acids is 1. The maximum absolute atomic E-state index is 11.8. The van der Waals surface area contributed by atoms with E-state index in [9.17, 15) is 9.59 Å². The van der Waals surface area contributed by atoms with Crippen LogP contribution in [-0.4, -0.2) is 34.2 Å². The van der Waals surface area contributed by atoms with Gasteiger partial charge in [0.05, 0.1) is 18.9 Å². The molecule has 1 N–H and O–H groups in total. The topological polar surface area (TPSA) is 89.3 Å². The van der Waals surface area contributed by atoms with Crippen LogP contribution in [0.15, 0.2) is 34.2 Å². The Balaban J connectivity index is 2.30.